The summed E-state index contributed by atoms with van der Waals surface area (Å²) >= 11 is 0. The fraction of sp³-hybridized carbons (Fsp3) is 0.154. The zero-order valence-electron chi connectivity index (χ0n) is 10.9. The summed E-state index contributed by atoms with van der Waals surface area (Å²) < 4.78 is 24.4. The van der Waals surface area contributed by atoms with Crippen molar-refractivity contribution in [1.82, 2.24) is 19.9 Å². The highest BCUT2D eigenvalue weighted by atomic mass is 33.1. The topological polar surface area (TPSA) is 88.6 Å². The third-order valence-corrected chi connectivity index (χ3v) is 6.04. The molecule has 2 aromatic heterocycles. The molecule has 1 N–H and O–H groups in total. The van der Waals surface area contributed by atoms with Gasteiger partial charge in [-0.25, -0.2) is 23.4 Å². The number of nitrogens with zero attached hydrogens (tertiary/aromatic N) is 3. The Balaban J connectivity index is 1.75. The smallest absolute Gasteiger partial charge is 0.207 e. The first-order valence-electron chi connectivity index (χ1n) is 6.24. The average Bonchev–Trinajstić information content (AvgIpc) is 2.96. The van der Waals surface area contributed by atoms with E-state index in [-0.39, 0.29) is 5.75 Å². The summed E-state index contributed by atoms with van der Waals surface area (Å²) in [6, 6.07) is 9.53. The van der Waals surface area contributed by atoms with E-state index in [4.69, 9.17) is 0 Å². The van der Waals surface area contributed by atoms with E-state index in [2.05, 4.69) is 19.9 Å². The molecule has 0 radical (unpaired) electrons. The Hall–Kier alpha value is -1.93. The molecule has 1 aromatic carbocycles. The van der Waals surface area contributed by atoms with Gasteiger partial charge in [-0.1, -0.05) is 30.3 Å². The van der Waals surface area contributed by atoms with Crippen molar-refractivity contribution in [2.75, 3.05) is 5.75 Å². The van der Waals surface area contributed by atoms with Gasteiger partial charge in [0, 0.05) is 10.8 Å². The number of hydrogen-bond donors (Lipinski definition) is 1. The first-order chi connectivity index (χ1) is 10.1. The Morgan fingerprint density at radius 1 is 1.10 bits per heavy atom. The van der Waals surface area contributed by atoms with E-state index in [1.54, 1.807) is 0 Å². The standard InChI is InChI=1S/C13H12N4O2S2/c18-21(19,7-6-10-4-2-1-3-5-10)20-13-11-12(15-8-14-11)16-9-17-13/h1-5,8-9H,6-7H2,(H,14,15,16,17). The van der Waals surface area contributed by atoms with Gasteiger partial charge in [-0.2, -0.15) is 0 Å². The first-order valence-corrected chi connectivity index (χ1v) is 9.23. The van der Waals surface area contributed by atoms with Gasteiger partial charge in [-0.3, -0.25) is 0 Å². The third-order valence-electron chi connectivity index (χ3n) is 2.88. The van der Waals surface area contributed by atoms with Gasteiger partial charge in [0.25, 0.3) is 0 Å². The molecule has 0 fully saturated rings. The molecule has 6 nitrogen and oxygen atoms in total. The molecule has 0 spiro atoms. The van der Waals surface area contributed by atoms with Crippen molar-refractivity contribution in [3.05, 3.63) is 48.5 Å². The molecule has 3 rings (SSSR count). The van der Waals surface area contributed by atoms with Crippen LogP contribution in [0, 0.1) is 0 Å². The Labute approximate surface area is 125 Å². The number of aryl methyl sites for hydroxylation is 1. The lowest BCUT2D eigenvalue weighted by atomic mass is 10.2. The second-order valence-corrected chi connectivity index (χ2v) is 8.46. The molecule has 0 saturated carbocycles. The Bertz CT molecular complexity index is 847. The summed E-state index contributed by atoms with van der Waals surface area (Å²) in [5.74, 6) is 0.0569. The van der Waals surface area contributed by atoms with Gasteiger partial charge in [0.1, 0.15) is 16.9 Å². The quantitative estimate of drug-likeness (QED) is 0.571. The Morgan fingerprint density at radius 3 is 2.71 bits per heavy atom. The van der Waals surface area contributed by atoms with Crippen molar-refractivity contribution in [2.45, 2.75) is 11.4 Å². The van der Waals surface area contributed by atoms with Crippen LogP contribution >= 0.6 is 10.8 Å². The number of H-pyrrole nitrogens is 1. The molecule has 0 aliphatic carbocycles. The van der Waals surface area contributed by atoms with Crippen LogP contribution in [0.25, 0.3) is 11.2 Å². The molecule has 21 heavy (non-hydrogen) atoms. The lowest BCUT2D eigenvalue weighted by Gasteiger charge is -2.04. The van der Waals surface area contributed by atoms with Crippen LogP contribution < -0.4 is 0 Å². The number of hydrogen-bond acceptors (Lipinski definition) is 6. The van der Waals surface area contributed by atoms with Crippen molar-refractivity contribution < 1.29 is 8.42 Å². The molecular weight excluding hydrogens is 308 g/mol. The Morgan fingerprint density at radius 2 is 1.90 bits per heavy atom. The molecule has 0 aliphatic heterocycles. The largest absolute Gasteiger partial charge is 0.341 e. The molecule has 0 bridgehead atoms. The number of nitrogens with one attached hydrogen (secondary N) is 1. The van der Waals surface area contributed by atoms with Gasteiger partial charge in [0.2, 0.25) is 8.87 Å². The number of rotatable bonds is 5. The van der Waals surface area contributed by atoms with Gasteiger partial charge >= 0.3 is 0 Å². The minimum absolute atomic E-state index is 0.0569. The van der Waals surface area contributed by atoms with E-state index >= 15 is 0 Å². The molecule has 3 aromatic rings. The van der Waals surface area contributed by atoms with Crippen molar-refractivity contribution in [2.24, 2.45) is 0 Å². The second kappa shape index (κ2) is 5.82. The number of aromatic amines is 1. The molecule has 2 heterocycles. The van der Waals surface area contributed by atoms with Crippen LogP contribution in [0.1, 0.15) is 5.56 Å². The van der Waals surface area contributed by atoms with E-state index in [0.717, 1.165) is 16.4 Å². The summed E-state index contributed by atoms with van der Waals surface area (Å²) in [6.45, 7) is 0. The number of fused-ring (bicyclic) bond motifs is 1. The summed E-state index contributed by atoms with van der Waals surface area (Å²) in [5, 5.41) is 0.380. The zero-order valence-corrected chi connectivity index (χ0v) is 12.6. The fourth-order valence-electron chi connectivity index (χ4n) is 1.86. The van der Waals surface area contributed by atoms with Gasteiger partial charge in [-0.05, 0) is 12.0 Å². The molecule has 0 unspecified atom stereocenters. The second-order valence-electron chi connectivity index (χ2n) is 4.36. The maximum atomic E-state index is 12.2. The molecule has 0 saturated heterocycles. The number of benzene rings is 1. The van der Waals surface area contributed by atoms with Gasteiger partial charge in [0.15, 0.2) is 5.65 Å². The maximum Gasteiger partial charge on any atom is 0.207 e. The highest BCUT2D eigenvalue weighted by Gasteiger charge is 2.17. The van der Waals surface area contributed by atoms with Crippen LogP contribution in [0.2, 0.25) is 0 Å². The van der Waals surface area contributed by atoms with E-state index in [1.807, 2.05) is 30.3 Å². The van der Waals surface area contributed by atoms with E-state index < -0.39 is 8.87 Å². The molecule has 108 valence electrons. The fourth-order valence-corrected chi connectivity index (χ4v) is 4.59. The van der Waals surface area contributed by atoms with Crippen molar-refractivity contribution in [3.63, 3.8) is 0 Å². The van der Waals surface area contributed by atoms with Crippen LogP contribution in [0.5, 0.6) is 0 Å². The highest BCUT2D eigenvalue weighted by molar-refractivity contribution is 8.72. The number of aromatic nitrogens is 4. The molecule has 8 heteroatoms. The molecular formula is C13H12N4O2S2. The van der Waals surface area contributed by atoms with Gasteiger partial charge in [-0.15, -0.1) is 0 Å². The lowest BCUT2D eigenvalue weighted by molar-refractivity contribution is 0.609. The van der Waals surface area contributed by atoms with E-state index in [9.17, 15) is 8.42 Å². The van der Waals surface area contributed by atoms with Crippen molar-refractivity contribution in [3.8, 4) is 0 Å². The zero-order chi connectivity index (χ0) is 14.7. The molecule has 0 aliphatic rings. The van der Waals surface area contributed by atoms with Crippen LogP contribution in [-0.2, 0) is 15.3 Å². The summed E-state index contributed by atoms with van der Waals surface area (Å²) in [5.41, 5.74) is 2.01. The predicted octanol–water partition coefficient (Wildman–Crippen LogP) is 2.02. The van der Waals surface area contributed by atoms with Crippen LogP contribution in [0.3, 0.4) is 0 Å². The first kappa shape index (κ1) is 14.0. The van der Waals surface area contributed by atoms with Crippen LogP contribution in [-0.4, -0.2) is 34.1 Å². The molecule has 0 amide bonds. The van der Waals surface area contributed by atoms with Gasteiger partial charge < -0.3 is 4.98 Å². The summed E-state index contributed by atoms with van der Waals surface area (Å²) in [6.07, 6.45) is 3.27. The van der Waals surface area contributed by atoms with Crippen molar-refractivity contribution >= 4 is 30.8 Å². The minimum atomic E-state index is -3.32. The lowest BCUT2D eigenvalue weighted by Crippen LogP contribution is -2.05. The van der Waals surface area contributed by atoms with E-state index in [0.29, 0.717) is 22.6 Å². The van der Waals surface area contributed by atoms with Crippen LogP contribution in [0.15, 0.2) is 48.0 Å². The van der Waals surface area contributed by atoms with Crippen LogP contribution in [0.4, 0.5) is 0 Å². The van der Waals surface area contributed by atoms with Gasteiger partial charge in [0.05, 0.1) is 12.1 Å². The maximum absolute atomic E-state index is 12.2. The van der Waals surface area contributed by atoms with Crippen molar-refractivity contribution in [1.29, 1.82) is 0 Å². The summed E-state index contributed by atoms with van der Waals surface area (Å²) in [4.78, 5) is 14.8. The number of imidazole rings is 1. The highest BCUT2D eigenvalue weighted by Crippen LogP contribution is 2.27. The minimum Gasteiger partial charge on any atom is -0.341 e. The summed E-state index contributed by atoms with van der Waals surface area (Å²) in [7, 11) is -2.57. The molecule has 0 atom stereocenters. The third kappa shape index (κ3) is 3.40. The average molecular weight is 320 g/mol. The predicted molar refractivity (Wildman–Crippen MR) is 81.5 cm³/mol. The monoisotopic (exact) mass is 320 g/mol. The van der Waals surface area contributed by atoms with E-state index in [1.165, 1.54) is 12.7 Å². The Kier molecular flexibility index (Phi) is 3.89. The SMILES string of the molecule is O=S(=O)(CCc1ccccc1)Sc1ncnc2nc[nH]c12. The normalized spacial score (nSPS) is 11.8.